The van der Waals surface area contributed by atoms with Gasteiger partial charge >= 0.3 is 0 Å². The molecule has 35 heavy (non-hydrogen) atoms. The second kappa shape index (κ2) is 10.6. The van der Waals surface area contributed by atoms with Crippen LogP contribution in [0.15, 0.2) is 36.5 Å². The van der Waals surface area contributed by atoms with E-state index in [1.807, 2.05) is 12.1 Å². The Morgan fingerprint density at radius 2 is 1.94 bits per heavy atom. The van der Waals surface area contributed by atoms with Gasteiger partial charge < -0.3 is 14.6 Å². The Morgan fingerprint density at radius 3 is 2.66 bits per heavy atom. The first-order valence-electron chi connectivity index (χ1n) is 12.2. The molecule has 3 heterocycles. The number of carbonyl (C=O) groups excluding carboxylic acids is 2. The van der Waals surface area contributed by atoms with Crippen LogP contribution < -0.4 is 10.2 Å². The van der Waals surface area contributed by atoms with Crippen LogP contribution in [0.1, 0.15) is 43.6 Å². The second-order valence-corrected chi connectivity index (χ2v) is 12.0. The molecule has 8 nitrogen and oxygen atoms in total. The van der Waals surface area contributed by atoms with E-state index in [0.717, 1.165) is 31.7 Å². The largest absolute Gasteiger partial charge is 0.413 e. The van der Waals surface area contributed by atoms with Gasteiger partial charge in [0.1, 0.15) is 0 Å². The number of fused-ring (bicyclic) bond motifs is 2. The molecule has 2 aliphatic heterocycles. The van der Waals surface area contributed by atoms with Crippen molar-refractivity contribution in [2.24, 2.45) is 5.92 Å². The molecule has 0 atom stereocenters. The molecular formula is C26H35N5O3Si. The van der Waals surface area contributed by atoms with E-state index in [-0.39, 0.29) is 23.4 Å². The van der Waals surface area contributed by atoms with Crippen molar-refractivity contribution in [2.45, 2.75) is 39.3 Å². The fourth-order valence-electron chi connectivity index (χ4n) is 3.96. The standard InChI is InChI=1S/C26H35N5O3Si/c1-18(2)26(3,4)35-34-17-19-8-9-20-22(15-19)31(23(32)16-30-13-11-29(5)12-14-30)24-21(28-25(20)33)7-6-10-27-24/h6-10,15,18H,11-14,16-17H2,1-5H3,(H,28,33). The predicted molar refractivity (Wildman–Crippen MR) is 139 cm³/mol. The highest BCUT2D eigenvalue weighted by molar-refractivity contribution is 6.32. The maximum Gasteiger partial charge on any atom is 0.257 e. The third-order valence-corrected chi connectivity index (χ3v) is 8.41. The molecule has 1 N–H and O–H groups in total. The molecule has 1 aromatic heterocycles. The maximum absolute atomic E-state index is 13.7. The van der Waals surface area contributed by atoms with E-state index in [2.05, 4.69) is 54.8 Å². The van der Waals surface area contributed by atoms with E-state index < -0.39 is 0 Å². The SMILES string of the molecule is CC(C)C(C)(C)[Si]OCc1ccc2c(c1)N(C(=O)CN1CCN(C)CC1)c1ncccc1NC2=O. The lowest BCUT2D eigenvalue weighted by Crippen LogP contribution is -2.48. The number of anilines is 3. The van der Waals surface area contributed by atoms with E-state index in [0.29, 0.717) is 45.0 Å². The minimum atomic E-state index is -0.251. The topological polar surface area (TPSA) is 78.0 Å². The number of amides is 2. The zero-order chi connectivity index (χ0) is 25.2. The molecule has 0 bridgehead atoms. The van der Waals surface area contributed by atoms with E-state index in [1.54, 1.807) is 29.3 Å². The number of hydrogen-bond acceptors (Lipinski definition) is 6. The normalized spacial score (nSPS) is 17.1. The van der Waals surface area contributed by atoms with E-state index in [1.165, 1.54) is 0 Å². The van der Waals surface area contributed by atoms with Crippen molar-refractivity contribution < 1.29 is 14.0 Å². The molecule has 1 saturated heterocycles. The van der Waals surface area contributed by atoms with Crippen LogP contribution in [0, 0.1) is 5.92 Å². The van der Waals surface area contributed by atoms with Gasteiger partial charge in [0.05, 0.1) is 30.1 Å². The Morgan fingerprint density at radius 1 is 1.20 bits per heavy atom. The van der Waals surface area contributed by atoms with Crippen molar-refractivity contribution in [3.05, 3.63) is 47.7 Å². The molecule has 2 aromatic rings. The number of hydrogen-bond donors (Lipinski definition) is 1. The number of carbonyl (C=O) groups is 2. The lowest BCUT2D eigenvalue weighted by atomic mass is 9.99. The number of pyridine rings is 1. The second-order valence-electron chi connectivity index (χ2n) is 10.3. The monoisotopic (exact) mass is 493 g/mol. The number of rotatable bonds is 7. The molecular weight excluding hydrogens is 458 g/mol. The smallest absolute Gasteiger partial charge is 0.257 e. The first-order valence-corrected chi connectivity index (χ1v) is 13.1. The lowest BCUT2D eigenvalue weighted by Gasteiger charge is -2.33. The lowest BCUT2D eigenvalue weighted by molar-refractivity contribution is -0.119. The Bertz CT molecular complexity index is 1080. The predicted octanol–water partition coefficient (Wildman–Crippen LogP) is 3.55. The van der Waals surface area contributed by atoms with Crippen LogP contribution in [0.25, 0.3) is 0 Å². The number of aromatic nitrogens is 1. The van der Waals surface area contributed by atoms with Gasteiger partial charge in [-0.3, -0.25) is 19.4 Å². The molecule has 4 rings (SSSR count). The first-order chi connectivity index (χ1) is 16.7. The number of nitrogens with one attached hydrogen (secondary N) is 1. The number of benzene rings is 1. The van der Waals surface area contributed by atoms with Crippen LogP contribution in [0.5, 0.6) is 0 Å². The van der Waals surface area contributed by atoms with E-state index in [4.69, 9.17) is 4.43 Å². The minimum Gasteiger partial charge on any atom is -0.413 e. The molecule has 0 spiro atoms. The van der Waals surface area contributed by atoms with Gasteiger partial charge in [0.2, 0.25) is 15.7 Å². The summed E-state index contributed by atoms with van der Waals surface area (Å²) < 4.78 is 6.09. The number of piperazine rings is 1. The summed E-state index contributed by atoms with van der Waals surface area (Å²) in [6.07, 6.45) is 1.65. The third kappa shape index (κ3) is 5.80. The van der Waals surface area contributed by atoms with Crippen LogP contribution in [-0.2, 0) is 15.8 Å². The summed E-state index contributed by atoms with van der Waals surface area (Å²) in [5.41, 5.74) is 2.44. The van der Waals surface area contributed by atoms with Crippen LogP contribution in [0.2, 0.25) is 5.04 Å². The fourth-order valence-corrected chi connectivity index (χ4v) is 4.81. The first kappa shape index (κ1) is 25.5. The van der Waals surface area contributed by atoms with Gasteiger partial charge in [-0.15, -0.1) is 0 Å². The summed E-state index contributed by atoms with van der Waals surface area (Å²) in [5.74, 6) is 0.592. The average molecular weight is 494 g/mol. The van der Waals surface area contributed by atoms with Crippen molar-refractivity contribution in [2.75, 3.05) is 50.0 Å². The van der Waals surface area contributed by atoms with Gasteiger partial charge in [0.15, 0.2) is 5.82 Å². The molecule has 186 valence electrons. The van der Waals surface area contributed by atoms with Gasteiger partial charge in [-0.2, -0.15) is 0 Å². The van der Waals surface area contributed by atoms with Gasteiger partial charge in [-0.05, 0) is 47.8 Å². The van der Waals surface area contributed by atoms with Crippen molar-refractivity contribution >= 4 is 38.8 Å². The molecule has 0 saturated carbocycles. The maximum atomic E-state index is 13.7. The van der Waals surface area contributed by atoms with Crippen LogP contribution >= 0.6 is 0 Å². The molecule has 9 heteroatoms. The minimum absolute atomic E-state index is 0.0823. The highest BCUT2D eigenvalue weighted by Crippen LogP contribution is 2.37. The molecule has 2 radical (unpaired) electrons. The van der Waals surface area contributed by atoms with Crippen molar-refractivity contribution in [1.82, 2.24) is 14.8 Å². The summed E-state index contributed by atoms with van der Waals surface area (Å²) in [4.78, 5) is 37.3. The summed E-state index contributed by atoms with van der Waals surface area (Å²) >= 11 is 0. The molecule has 1 aromatic carbocycles. The zero-order valence-corrected chi connectivity index (χ0v) is 22.3. The van der Waals surface area contributed by atoms with Gasteiger partial charge in [0, 0.05) is 32.4 Å². The molecule has 0 aliphatic carbocycles. The Labute approximate surface area is 210 Å². The summed E-state index contributed by atoms with van der Waals surface area (Å²) in [7, 11) is 2.44. The van der Waals surface area contributed by atoms with E-state index in [9.17, 15) is 9.59 Å². The molecule has 2 aliphatic rings. The molecule has 0 unspecified atom stereocenters. The van der Waals surface area contributed by atoms with Gasteiger partial charge in [-0.25, -0.2) is 4.98 Å². The average Bonchev–Trinajstić information content (AvgIpc) is 2.93. The van der Waals surface area contributed by atoms with Gasteiger partial charge in [0.25, 0.3) is 5.91 Å². The van der Waals surface area contributed by atoms with Gasteiger partial charge in [-0.1, -0.05) is 33.8 Å². The van der Waals surface area contributed by atoms with Crippen LogP contribution in [-0.4, -0.2) is 76.1 Å². The number of likely N-dealkylation sites (N-methyl/N-ethyl adjacent to an activating group) is 1. The number of nitrogens with zero attached hydrogens (tertiary/aromatic N) is 4. The Kier molecular flexibility index (Phi) is 7.70. The Balaban J connectivity index is 1.64. The highest BCUT2D eigenvalue weighted by Gasteiger charge is 2.32. The summed E-state index contributed by atoms with van der Waals surface area (Å²) in [6, 6.07) is 9.11. The van der Waals surface area contributed by atoms with Crippen molar-refractivity contribution in [1.29, 1.82) is 0 Å². The van der Waals surface area contributed by atoms with Crippen molar-refractivity contribution in [3.63, 3.8) is 0 Å². The summed E-state index contributed by atoms with van der Waals surface area (Å²) in [5, 5.41) is 3.00. The van der Waals surface area contributed by atoms with Crippen molar-refractivity contribution in [3.8, 4) is 0 Å². The Hall–Kier alpha value is -2.59. The third-order valence-electron chi connectivity index (χ3n) is 7.02. The van der Waals surface area contributed by atoms with E-state index >= 15 is 0 Å². The quantitative estimate of drug-likeness (QED) is 0.595. The van der Waals surface area contributed by atoms with Crippen LogP contribution in [0.4, 0.5) is 17.2 Å². The highest BCUT2D eigenvalue weighted by atomic mass is 28.2. The molecule has 2 amide bonds. The van der Waals surface area contributed by atoms with Crippen LogP contribution in [0.3, 0.4) is 0 Å². The zero-order valence-electron chi connectivity index (χ0n) is 21.3. The summed E-state index contributed by atoms with van der Waals surface area (Å²) in [6.45, 7) is 13.0. The fraction of sp³-hybridized carbons (Fsp3) is 0.500. The molecule has 1 fully saturated rings.